The fourth-order valence-corrected chi connectivity index (χ4v) is 3.50. The van der Waals surface area contributed by atoms with E-state index < -0.39 is 5.41 Å². The first-order valence-electron chi connectivity index (χ1n) is 11.2. The molecule has 3 heterocycles. The zero-order chi connectivity index (χ0) is 24.8. The van der Waals surface area contributed by atoms with E-state index in [2.05, 4.69) is 20.4 Å². The zero-order valence-electron chi connectivity index (χ0n) is 21.0. The highest BCUT2D eigenvalue weighted by Crippen LogP contribution is 2.35. The molecule has 0 bridgehead atoms. The van der Waals surface area contributed by atoms with Gasteiger partial charge in [-0.1, -0.05) is 46.7 Å². The second-order valence-electron chi connectivity index (χ2n) is 10.5. The van der Waals surface area contributed by atoms with E-state index in [1.807, 2.05) is 90.4 Å². The van der Waals surface area contributed by atoms with Gasteiger partial charge in [-0.25, -0.2) is 19.9 Å². The lowest BCUT2D eigenvalue weighted by molar-refractivity contribution is -0.125. The smallest absolute Gasteiger partial charge is 0.240 e. The highest BCUT2D eigenvalue weighted by Gasteiger charge is 2.35. The lowest BCUT2D eigenvalue weighted by atomic mass is 9.93. The topological polar surface area (TPSA) is 102 Å². The fraction of sp³-hybridized carbons (Fsp3) is 0.400. The summed E-state index contributed by atoms with van der Waals surface area (Å²) in [5.41, 5.74) is 1.55. The summed E-state index contributed by atoms with van der Waals surface area (Å²) in [4.78, 5) is 28.4. The van der Waals surface area contributed by atoms with Crippen molar-refractivity contribution in [2.45, 2.75) is 53.9 Å². The van der Waals surface area contributed by atoms with Gasteiger partial charge < -0.3 is 14.4 Å². The van der Waals surface area contributed by atoms with Gasteiger partial charge in [-0.2, -0.15) is 0 Å². The number of imidazole rings is 1. The van der Waals surface area contributed by atoms with E-state index in [-0.39, 0.29) is 11.3 Å². The summed E-state index contributed by atoms with van der Waals surface area (Å²) in [5.74, 6) is 2.83. The summed E-state index contributed by atoms with van der Waals surface area (Å²) in [6.45, 7) is 13.6. The van der Waals surface area contributed by atoms with Crippen molar-refractivity contribution in [2.24, 2.45) is 12.5 Å². The second-order valence-corrected chi connectivity index (χ2v) is 10.5. The van der Waals surface area contributed by atoms with Crippen LogP contribution in [0.15, 0.2) is 41.1 Å². The van der Waals surface area contributed by atoms with Crippen LogP contribution in [-0.2, 0) is 17.3 Å². The Labute approximate surface area is 199 Å². The predicted octanol–water partition coefficient (Wildman–Crippen LogP) is 5.41. The van der Waals surface area contributed by atoms with Crippen molar-refractivity contribution >= 4 is 40.2 Å². The van der Waals surface area contributed by atoms with Gasteiger partial charge >= 0.3 is 0 Å². The van der Waals surface area contributed by atoms with E-state index in [0.717, 1.165) is 16.7 Å². The molecule has 4 rings (SSSR count). The largest absolute Gasteiger partial charge is 0.359 e. The van der Waals surface area contributed by atoms with Crippen molar-refractivity contribution < 1.29 is 9.32 Å². The molecule has 0 radical (unpaired) electrons. The van der Waals surface area contributed by atoms with Gasteiger partial charge in [0.1, 0.15) is 17.4 Å². The zero-order valence-corrected chi connectivity index (χ0v) is 21.0. The van der Waals surface area contributed by atoms with Crippen LogP contribution in [-0.4, -0.2) is 30.6 Å². The lowest BCUT2D eigenvalue weighted by Crippen LogP contribution is -2.37. The van der Waals surface area contributed by atoms with Gasteiger partial charge in [0.2, 0.25) is 11.9 Å². The monoisotopic (exact) mass is 461 g/mol. The van der Waals surface area contributed by atoms with E-state index >= 15 is 0 Å². The minimum Gasteiger partial charge on any atom is -0.359 e. The van der Waals surface area contributed by atoms with Crippen LogP contribution < -0.4 is 10.2 Å². The van der Waals surface area contributed by atoms with Crippen LogP contribution in [0.25, 0.3) is 11.0 Å². The highest BCUT2D eigenvalue weighted by atomic mass is 16.5. The molecule has 1 amide bonds. The van der Waals surface area contributed by atoms with Gasteiger partial charge in [0.15, 0.2) is 5.82 Å². The number of anilines is 4. The third-order valence-electron chi connectivity index (χ3n) is 5.42. The van der Waals surface area contributed by atoms with Crippen LogP contribution in [0.3, 0.4) is 0 Å². The quantitative estimate of drug-likeness (QED) is 0.433. The van der Waals surface area contributed by atoms with E-state index in [4.69, 9.17) is 9.51 Å². The number of amides is 1. The number of aryl methyl sites for hydroxylation is 2. The number of aromatic nitrogens is 5. The number of hydrogen-bond acceptors (Lipinski definition) is 7. The summed E-state index contributed by atoms with van der Waals surface area (Å²) in [5, 5.41) is 7.52. The Kier molecular flexibility index (Phi) is 5.67. The molecule has 9 nitrogen and oxygen atoms in total. The Balaban J connectivity index is 1.79. The van der Waals surface area contributed by atoms with Crippen LogP contribution in [0.2, 0.25) is 0 Å². The Morgan fingerprint density at radius 2 is 1.79 bits per heavy atom. The molecule has 0 saturated carbocycles. The molecule has 4 aromatic rings. The number of nitrogens with zero attached hydrogens (tertiary/aromatic N) is 6. The molecule has 0 saturated heterocycles. The van der Waals surface area contributed by atoms with Gasteiger partial charge in [-0.15, -0.1) is 0 Å². The average molecular weight is 462 g/mol. The second kappa shape index (κ2) is 8.23. The van der Waals surface area contributed by atoms with Crippen molar-refractivity contribution in [3.63, 3.8) is 0 Å². The van der Waals surface area contributed by atoms with Crippen molar-refractivity contribution in [2.75, 3.05) is 10.2 Å². The van der Waals surface area contributed by atoms with Gasteiger partial charge in [-0.3, -0.25) is 4.79 Å². The maximum Gasteiger partial charge on any atom is 0.240 e. The molecule has 0 spiro atoms. The Hall–Kier alpha value is -3.75. The summed E-state index contributed by atoms with van der Waals surface area (Å²) < 4.78 is 7.49. The SMILES string of the molecule is Cc1nccc(Nc2ccc3c(c2)nc(N(C(=O)C(C)(C)C)c2cc(C(C)(C)C)on2)n3C)n1. The average Bonchev–Trinajstić information content (AvgIpc) is 3.33. The number of nitrogens with one attached hydrogen (secondary N) is 1. The third kappa shape index (κ3) is 4.50. The molecule has 1 aromatic carbocycles. The molecule has 34 heavy (non-hydrogen) atoms. The Morgan fingerprint density at radius 3 is 2.41 bits per heavy atom. The predicted molar refractivity (Wildman–Crippen MR) is 133 cm³/mol. The summed E-state index contributed by atoms with van der Waals surface area (Å²) >= 11 is 0. The minimum absolute atomic E-state index is 0.130. The van der Waals surface area contributed by atoms with Gasteiger partial charge in [-0.05, 0) is 31.2 Å². The number of fused-ring (bicyclic) bond motifs is 1. The van der Waals surface area contributed by atoms with Crippen molar-refractivity contribution in [1.29, 1.82) is 0 Å². The van der Waals surface area contributed by atoms with Crippen LogP contribution >= 0.6 is 0 Å². The first-order chi connectivity index (χ1) is 15.8. The Morgan fingerprint density at radius 1 is 1.06 bits per heavy atom. The molecule has 1 N–H and O–H groups in total. The maximum absolute atomic E-state index is 13.6. The minimum atomic E-state index is -0.656. The highest BCUT2D eigenvalue weighted by molar-refractivity contribution is 6.02. The van der Waals surface area contributed by atoms with E-state index in [0.29, 0.717) is 29.2 Å². The first kappa shape index (κ1) is 23.4. The van der Waals surface area contributed by atoms with Crippen LogP contribution in [0.4, 0.5) is 23.3 Å². The first-order valence-corrected chi connectivity index (χ1v) is 11.2. The molecule has 9 heteroatoms. The molecule has 0 aliphatic carbocycles. The van der Waals surface area contributed by atoms with Crippen molar-refractivity contribution in [3.05, 3.63) is 48.1 Å². The molecular weight excluding hydrogens is 430 g/mol. The summed E-state index contributed by atoms with van der Waals surface area (Å²) in [7, 11) is 1.89. The fourth-order valence-electron chi connectivity index (χ4n) is 3.50. The molecule has 0 aliphatic heterocycles. The molecule has 0 fully saturated rings. The van der Waals surface area contributed by atoms with Gasteiger partial charge in [0.25, 0.3) is 0 Å². The van der Waals surface area contributed by atoms with Gasteiger partial charge in [0.05, 0.1) is 11.0 Å². The van der Waals surface area contributed by atoms with Gasteiger partial charge in [0, 0.05) is 35.8 Å². The molecule has 0 unspecified atom stereocenters. The molecule has 0 atom stereocenters. The normalized spacial score (nSPS) is 12.2. The van der Waals surface area contributed by atoms with Crippen LogP contribution in [0.1, 0.15) is 53.1 Å². The third-order valence-corrected chi connectivity index (χ3v) is 5.42. The summed E-state index contributed by atoms with van der Waals surface area (Å²) in [6.07, 6.45) is 1.71. The van der Waals surface area contributed by atoms with Crippen molar-refractivity contribution in [3.8, 4) is 0 Å². The van der Waals surface area contributed by atoms with E-state index in [1.54, 1.807) is 11.1 Å². The number of benzene rings is 1. The maximum atomic E-state index is 13.6. The van der Waals surface area contributed by atoms with E-state index in [1.165, 1.54) is 0 Å². The van der Waals surface area contributed by atoms with E-state index in [9.17, 15) is 4.79 Å². The number of rotatable bonds is 4. The van der Waals surface area contributed by atoms with Crippen LogP contribution in [0, 0.1) is 12.3 Å². The number of carbonyl (C=O) groups is 1. The summed E-state index contributed by atoms with van der Waals surface area (Å²) in [6, 6.07) is 9.47. The molecule has 0 aliphatic rings. The molecular formula is C25H31N7O2. The van der Waals surface area contributed by atoms with Crippen molar-refractivity contribution in [1.82, 2.24) is 24.7 Å². The molecule has 178 valence electrons. The lowest BCUT2D eigenvalue weighted by Gasteiger charge is -2.26. The number of hydrogen-bond donors (Lipinski definition) is 1. The Bertz CT molecular complexity index is 1360. The standard InChI is InChI=1S/C25H31N7O2/c1-15-26-12-11-20(27-15)28-16-9-10-18-17(13-16)29-23(31(18)8)32(22(33)25(5,6)7)21-14-19(34-30-21)24(2,3)4/h9-14H,1-8H3,(H,26,27,28). The van der Waals surface area contributed by atoms with Crippen LogP contribution in [0.5, 0.6) is 0 Å². The molecule has 3 aromatic heterocycles. The number of carbonyl (C=O) groups excluding carboxylic acids is 1.